The molecule has 0 aliphatic rings. The van der Waals surface area contributed by atoms with Gasteiger partial charge in [0.1, 0.15) is 0 Å². The van der Waals surface area contributed by atoms with Gasteiger partial charge in [-0.3, -0.25) is 4.98 Å². The molecule has 1 heteroatoms. The molecule has 162 valence electrons. The van der Waals surface area contributed by atoms with Gasteiger partial charge in [-0.25, -0.2) is 0 Å². The van der Waals surface area contributed by atoms with Crippen LogP contribution in [0.2, 0.25) is 0 Å². The van der Waals surface area contributed by atoms with Crippen molar-refractivity contribution in [1.82, 2.24) is 4.98 Å². The fourth-order valence-electron chi connectivity index (χ4n) is 4.14. The Morgan fingerprint density at radius 2 is 0.941 bits per heavy atom. The van der Waals surface area contributed by atoms with E-state index in [1.165, 1.54) is 27.8 Å². The summed E-state index contributed by atoms with van der Waals surface area (Å²) in [5.74, 6) is 0. The third-order valence-corrected chi connectivity index (χ3v) is 6.05. The van der Waals surface area contributed by atoms with Crippen LogP contribution in [0.4, 0.5) is 0 Å². The largest absolute Gasteiger partial charge is 0.256 e. The quantitative estimate of drug-likeness (QED) is 0.259. The smallest absolute Gasteiger partial charge is 0.0702 e. The van der Waals surface area contributed by atoms with E-state index in [0.29, 0.717) is 0 Å². The molecule has 5 rings (SSSR count). The molecule has 0 bridgehead atoms. The summed E-state index contributed by atoms with van der Waals surface area (Å²) in [7, 11) is 0. The van der Waals surface area contributed by atoms with Gasteiger partial charge in [0.05, 0.1) is 5.69 Å². The lowest BCUT2D eigenvalue weighted by Gasteiger charge is -2.13. The van der Waals surface area contributed by atoms with Gasteiger partial charge in [-0.1, -0.05) is 98.1 Å². The average Bonchev–Trinajstić information content (AvgIpc) is 2.93. The third kappa shape index (κ3) is 4.51. The van der Waals surface area contributed by atoms with Gasteiger partial charge in [0.2, 0.25) is 0 Å². The summed E-state index contributed by atoms with van der Waals surface area (Å²) in [5, 5.41) is 0. The lowest BCUT2D eigenvalue weighted by Crippen LogP contribution is -1.88. The van der Waals surface area contributed by atoms with Crippen molar-refractivity contribution in [3.05, 3.63) is 140 Å². The summed E-state index contributed by atoms with van der Waals surface area (Å²) in [6, 6.07) is 38.4. The highest BCUT2D eigenvalue weighted by Gasteiger charge is 2.09. The van der Waals surface area contributed by atoms with Crippen LogP contribution in [0.3, 0.4) is 0 Å². The minimum atomic E-state index is 0.973. The lowest BCUT2D eigenvalue weighted by molar-refractivity contribution is 1.33. The van der Waals surface area contributed by atoms with E-state index in [-0.39, 0.29) is 0 Å². The Balaban J connectivity index is 1.65. The van der Waals surface area contributed by atoms with Crippen molar-refractivity contribution >= 4 is 12.2 Å². The minimum Gasteiger partial charge on any atom is -0.256 e. The molecule has 0 amide bonds. The van der Waals surface area contributed by atoms with E-state index in [4.69, 9.17) is 0 Å². The topological polar surface area (TPSA) is 12.9 Å². The third-order valence-electron chi connectivity index (χ3n) is 6.05. The Bertz CT molecular complexity index is 1370. The number of aromatic nitrogens is 1. The van der Waals surface area contributed by atoms with Crippen molar-refractivity contribution in [2.45, 2.75) is 0 Å². The van der Waals surface area contributed by atoms with E-state index >= 15 is 0 Å². The number of benzene rings is 4. The molecule has 1 nitrogen and oxygen atoms in total. The summed E-state index contributed by atoms with van der Waals surface area (Å²) in [5.41, 5.74) is 11.4. The number of hydrogen-bond donors (Lipinski definition) is 0. The van der Waals surface area contributed by atoms with Crippen LogP contribution in [0.25, 0.3) is 56.8 Å². The summed E-state index contributed by atoms with van der Waals surface area (Å²) < 4.78 is 0. The second kappa shape index (κ2) is 9.56. The molecule has 0 atom stereocenters. The van der Waals surface area contributed by atoms with E-state index in [9.17, 15) is 0 Å². The summed E-state index contributed by atoms with van der Waals surface area (Å²) >= 11 is 0. The SMILES string of the molecule is C=Cc1ccc(-c2cc(-c3ccc(C=C)cc3)cc(-c3cccc(-c4ccccn4)c3)c2)cc1. The molecule has 0 aliphatic heterocycles. The van der Waals surface area contributed by atoms with E-state index in [1.807, 2.05) is 36.5 Å². The monoisotopic (exact) mass is 435 g/mol. The predicted octanol–water partition coefficient (Wildman–Crippen LogP) is 9.04. The van der Waals surface area contributed by atoms with Crippen LogP contribution in [0.15, 0.2) is 129 Å². The van der Waals surface area contributed by atoms with Crippen LogP contribution in [-0.2, 0) is 0 Å². The molecule has 0 aliphatic carbocycles. The van der Waals surface area contributed by atoms with Gasteiger partial charge in [0.15, 0.2) is 0 Å². The molecule has 0 unspecified atom stereocenters. The molecular weight excluding hydrogens is 410 g/mol. The second-order valence-electron chi connectivity index (χ2n) is 8.25. The fourth-order valence-corrected chi connectivity index (χ4v) is 4.14. The van der Waals surface area contributed by atoms with Gasteiger partial charge in [0, 0.05) is 11.8 Å². The van der Waals surface area contributed by atoms with Gasteiger partial charge in [0.25, 0.3) is 0 Å². The highest BCUT2D eigenvalue weighted by molar-refractivity contribution is 5.83. The number of pyridine rings is 1. The van der Waals surface area contributed by atoms with Crippen LogP contribution in [0.5, 0.6) is 0 Å². The highest BCUT2D eigenvalue weighted by atomic mass is 14.7. The number of rotatable bonds is 6. The maximum absolute atomic E-state index is 4.53. The van der Waals surface area contributed by atoms with E-state index < -0.39 is 0 Å². The van der Waals surface area contributed by atoms with Crippen LogP contribution in [0.1, 0.15) is 11.1 Å². The second-order valence-corrected chi connectivity index (χ2v) is 8.25. The van der Waals surface area contributed by atoms with Crippen molar-refractivity contribution in [1.29, 1.82) is 0 Å². The van der Waals surface area contributed by atoms with Crippen molar-refractivity contribution in [3.8, 4) is 44.6 Å². The Labute approximate surface area is 201 Å². The normalized spacial score (nSPS) is 10.6. The van der Waals surface area contributed by atoms with Crippen molar-refractivity contribution in [3.63, 3.8) is 0 Å². The summed E-state index contributed by atoms with van der Waals surface area (Å²) in [6.45, 7) is 7.75. The molecule has 1 aromatic heterocycles. The average molecular weight is 436 g/mol. The van der Waals surface area contributed by atoms with E-state index in [2.05, 4.69) is 109 Å². The molecule has 0 N–H and O–H groups in total. The van der Waals surface area contributed by atoms with Gasteiger partial charge in [-0.2, -0.15) is 0 Å². The maximum Gasteiger partial charge on any atom is 0.0702 e. The number of hydrogen-bond acceptors (Lipinski definition) is 1. The predicted molar refractivity (Wildman–Crippen MR) is 146 cm³/mol. The van der Waals surface area contributed by atoms with Crippen LogP contribution >= 0.6 is 0 Å². The van der Waals surface area contributed by atoms with E-state index in [0.717, 1.165) is 27.9 Å². The zero-order valence-corrected chi connectivity index (χ0v) is 19.0. The molecule has 0 spiro atoms. The van der Waals surface area contributed by atoms with E-state index in [1.54, 1.807) is 0 Å². The Hall–Kier alpha value is -4.49. The van der Waals surface area contributed by atoms with Crippen LogP contribution in [-0.4, -0.2) is 4.98 Å². The summed E-state index contributed by atoms with van der Waals surface area (Å²) in [6.07, 6.45) is 5.58. The zero-order valence-electron chi connectivity index (χ0n) is 19.0. The molecule has 0 saturated heterocycles. The lowest BCUT2D eigenvalue weighted by atomic mass is 9.92. The van der Waals surface area contributed by atoms with Crippen molar-refractivity contribution in [2.24, 2.45) is 0 Å². The minimum absolute atomic E-state index is 0.973. The Morgan fingerprint density at radius 3 is 1.44 bits per heavy atom. The molecule has 4 aromatic carbocycles. The molecule has 5 aromatic rings. The van der Waals surface area contributed by atoms with Gasteiger partial charge in [-0.15, -0.1) is 0 Å². The zero-order chi connectivity index (χ0) is 23.3. The standard InChI is InChI=1S/C33H25N/c1-3-24-11-15-26(16-12-24)30-21-31(27-17-13-25(4-2)14-18-27)23-32(22-30)28-8-7-9-29(20-28)33-10-5-6-19-34-33/h3-23H,1-2H2. The first-order valence-corrected chi connectivity index (χ1v) is 11.4. The number of nitrogens with zero attached hydrogens (tertiary/aromatic N) is 1. The first-order chi connectivity index (χ1) is 16.7. The molecule has 0 saturated carbocycles. The van der Waals surface area contributed by atoms with Crippen LogP contribution in [0, 0.1) is 0 Å². The first-order valence-electron chi connectivity index (χ1n) is 11.4. The van der Waals surface area contributed by atoms with Gasteiger partial charge < -0.3 is 0 Å². The fraction of sp³-hybridized carbons (Fsp3) is 0. The maximum atomic E-state index is 4.53. The van der Waals surface area contributed by atoms with Crippen LogP contribution < -0.4 is 0 Å². The van der Waals surface area contributed by atoms with Gasteiger partial charge >= 0.3 is 0 Å². The molecule has 34 heavy (non-hydrogen) atoms. The summed E-state index contributed by atoms with van der Waals surface area (Å²) in [4.78, 5) is 4.53. The molecule has 0 radical (unpaired) electrons. The first kappa shape index (κ1) is 21.4. The Morgan fingerprint density at radius 1 is 0.441 bits per heavy atom. The highest BCUT2D eigenvalue weighted by Crippen LogP contribution is 2.34. The molecule has 0 fully saturated rings. The Kier molecular flexibility index (Phi) is 6.01. The van der Waals surface area contributed by atoms with Crippen molar-refractivity contribution < 1.29 is 0 Å². The van der Waals surface area contributed by atoms with Gasteiger partial charge in [-0.05, 0) is 80.9 Å². The molecule has 1 heterocycles. The van der Waals surface area contributed by atoms with Crippen molar-refractivity contribution in [2.75, 3.05) is 0 Å². The molecular formula is C33H25N.